The first-order valence-corrected chi connectivity index (χ1v) is 15.0. The van der Waals surface area contributed by atoms with Gasteiger partial charge in [-0.25, -0.2) is 9.80 Å². The Morgan fingerprint density at radius 3 is 2.16 bits per heavy atom. The van der Waals surface area contributed by atoms with E-state index in [2.05, 4.69) is 16.2 Å². The Kier molecular flexibility index (Phi) is 9.22. The van der Waals surface area contributed by atoms with Crippen LogP contribution in [-0.2, 0) is 16.6 Å². The molecule has 1 aromatic heterocycles. The van der Waals surface area contributed by atoms with E-state index < -0.39 is 5.60 Å². The Morgan fingerprint density at radius 1 is 0.909 bits per heavy atom. The number of hydrogen-bond acceptors (Lipinski definition) is 7. The molecule has 0 unspecified atom stereocenters. The van der Waals surface area contributed by atoms with E-state index in [1.165, 1.54) is 0 Å². The van der Waals surface area contributed by atoms with E-state index >= 15 is 0 Å². The number of para-hydroxylation sites is 1. The highest BCUT2D eigenvalue weighted by Gasteiger charge is 2.33. The maximum Gasteiger partial charge on any atom is 0.410 e. The van der Waals surface area contributed by atoms with Gasteiger partial charge in [0.25, 0.3) is 5.91 Å². The van der Waals surface area contributed by atoms with E-state index in [4.69, 9.17) is 4.74 Å². The number of carbonyl (C=O) groups excluding carboxylic acids is 3. The second-order valence-electron chi connectivity index (χ2n) is 12.0. The lowest BCUT2D eigenvalue weighted by Crippen LogP contribution is -2.51. The van der Waals surface area contributed by atoms with E-state index in [0.717, 1.165) is 11.4 Å². The fourth-order valence-electron chi connectivity index (χ4n) is 5.31. The van der Waals surface area contributed by atoms with Crippen molar-refractivity contribution in [3.05, 3.63) is 90.5 Å². The van der Waals surface area contributed by atoms with E-state index in [0.29, 0.717) is 63.4 Å². The second kappa shape index (κ2) is 13.2. The second-order valence-corrected chi connectivity index (χ2v) is 12.0. The third-order valence-electron chi connectivity index (χ3n) is 7.51. The number of ether oxygens (including phenoxy) is 1. The summed E-state index contributed by atoms with van der Waals surface area (Å²) in [6, 6.07) is 19.2. The number of anilines is 2. The summed E-state index contributed by atoms with van der Waals surface area (Å²) in [5, 5.41) is 7.99. The fraction of sp³-hybridized carbons (Fsp3) is 0.394. The van der Waals surface area contributed by atoms with E-state index in [-0.39, 0.29) is 17.9 Å². The van der Waals surface area contributed by atoms with Crippen molar-refractivity contribution in [3.8, 4) is 0 Å². The number of benzene rings is 2. The summed E-state index contributed by atoms with van der Waals surface area (Å²) in [6.45, 7) is 7.83. The van der Waals surface area contributed by atoms with Crippen molar-refractivity contribution >= 4 is 29.3 Å². The smallest absolute Gasteiger partial charge is 0.410 e. The molecule has 3 amide bonds. The summed E-state index contributed by atoms with van der Waals surface area (Å²) in [5.41, 5.74) is 2.59. The number of nitrogens with zero attached hydrogens (tertiary/aromatic N) is 7. The van der Waals surface area contributed by atoms with Crippen LogP contribution in [0.3, 0.4) is 0 Å². The van der Waals surface area contributed by atoms with Gasteiger partial charge in [0, 0.05) is 57.1 Å². The maximum atomic E-state index is 14.0. The van der Waals surface area contributed by atoms with Crippen molar-refractivity contribution in [2.75, 3.05) is 42.8 Å². The molecule has 1 fully saturated rings. The van der Waals surface area contributed by atoms with E-state index in [1.807, 2.05) is 92.5 Å². The zero-order chi connectivity index (χ0) is 31.3. The molecule has 232 valence electrons. The van der Waals surface area contributed by atoms with Gasteiger partial charge in [-0.2, -0.15) is 5.10 Å². The molecule has 11 nitrogen and oxygen atoms in total. The average molecular weight is 600 g/mol. The molecule has 2 aliphatic heterocycles. The Labute approximate surface area is 258 Å². The van der Waals surface area contributed by atoms with Gasteiger partial charge in [-0.05, 0) is 57.9 Å². The number of hydrogen-bond donors (Lipinski definition) is 0. The molecule has 0 aliphatic carbocycles. The molecule has 0 atom stereocenters. The average Bonchev–Trinajstić information content (AvgIpc) is 3.63. The van der Waals surface area contributed by atoms with Crippen molar-refractivity contribution in [3.63, 3.8) is 0 Å². The summed E-state index contributed by atoms with van der Waals surface area (Å²) in [5.74, 6) is -0.110. The predicted molar refractivity (Wildman–Crippen MR) is 168 cm³/mol. The zero-order valence-electron chi connectivity index (χ0n) is 25.9. The van der Waals surface area contributed by atoms with Crippen molar-refractivity contribution in [2.45, 2.75) is 45.6 Å². The van der Waals surface area contributed by atoms with Crippen molar-refractivity contribution in [1.82, 2.24) is 24.6 Å². The Morgan fingerprint density at radius 2 is 1.55 bits per heavy atom. The highest BCUT2D eigenvalue weighted by molar-refractivity contribution is 6.05. The number of allylic oxidation sites excluding steroid dienone is 1. The minimum absolute atomic E-state index is 0.0587. The molecular formula is C33H41N7O4. The zero-order valence-corrected chi connectivity index (χ0v) is 25.9. The molecule has 3 aromatic rings. The van der Waals surface area contributed by atoms with Crippen LogP contribution < -0.4 is 9.91 Å². The number of hydrazine groups is 1. The number of aromatic nitrogens is 2. The van der Waals surface area contributed by atoms with Gasteiger partial charge < -0.3 is 19.4 Å². The monoisotopic (exact) mass is 599 g/mol. The van der Waals surface area contributed by atoms with Gasteiger partial charge >= 0.3 is 6.09 Å². The molecule has 11 heteroatoms. The summed E-state index contributed by atoms with van der Waals surface area (Å²) < 4.78 is 7.16. The molecule has 2 aromatic carbocycles. The van der Waals surface area contributed by atoms with Gasteiger partial charge in [0.1, 0.15) is 18.0 Å². The summed E-state index contributed by atoms with van der Waals surface area (Å²) >= 11 is 0. The number of aryl methyl sites for hydroxylation is 1. The third-order valence-corrected chi connectivity index (χ3v) is 7.51. The Balaban J connectivity index is 1.28. The van der Waals surface area contributed by atoms with Gasteiger partial charge in [-0.15, -0.1) is 0 Å². The molecule has 0 spiro atoms. The molecular weight excluding hydrogens is 558 g/mol. The van der Waals surface area contributed by atoms with Gasteiger partial charge in [0.05, 0.1) is 18.1 Å². The van der Waals surface area contributed by atoms with Crippen LogP contribution in [0.15, 0.2) is 85.0 Å². The fourth-order valence-corrected chi connectivity index (χ4v) is 5.31. The van der Waals surface area contributed by atoms with Crippen LogP contribution in [0.5, 0.6) is 0 Å². The van der Waals surface area contributed by atoms with Crippen molar-refractivity contribution in [1.29, 1.82) is 0 Å². The van der Waals surface area contributed by atoms with Crippen LogP contribution in [0.25, 0.3) is 0 Å². The molecule has 0 N–H and O–H groups in total. The number of piperazine rings is 1. The SMILES string of the molecule is Cn1cc(N(C(=O)c2ccccc2)N2CN(c3ccccc3)C=C2CCCC(=O)N2CCN(C(=O)OC(C)(C)C)CC2)cn1. The molecule has 0 saturated carbocycles. The standard InChI is InChI=1S/C33H41N7O4/c1-33(2,3)44-32(43)37-20-18-36(19-21-37)30(41)17-11-16-28-24-38(27-14-9-6-10-15-27)25-39(28)40(29-22-34-35(4)23-29)31(42)26-12-7-5-8-13-26/h5-10,12-15,22-24H,11,16-21,25H2,1-4H3. The molecule has 0 bridgehead atoms. The lowest BCUT2D eigenvalue weighted by molar-refractivity contribution is -0.133. The molecule has 44 heavy (non-hydrogen) atoms. The summed E-state index contributed by atoms with van der Waals surface area (Å²) in [7, 11) is 1.82. The molecule has 2 aliphatic rings. The number of rotatable bonds is 8. The van der Waals surface area contributed by atoms with Gasteiger partial charge in [-0.1, -0.05) is 36.4 Å². The number of carbonyl (C=O) groups is 3. The first kappa shape index (κ1) is 30.7. The van der Waals surface area contributed by atoms with Crippen LogP contribution in [-0.4, -0.2) is 80.9 Å². The third kappa shape index (κ3) is 7.39. The lowest BCUT2D eigenvalue weighted by atomic mass is 10.1. The van der Waals surface area contributed by atoms with E-state index in [1.54, 1.807) is 32.9 Å². The largest absolute Gasteiger partial charge is 0.444 e. The predicted octanol–water partition coefficient (Wildman–Crippen LogP) is 4.85. The van der Waals surface area contributed by atoms with Crippen LogP contribution in [0.2, 0.25) is 0 Å². The number of amides is 3. The van der Waals surface area contributed by atoms with Gasteiger partial charge in [0.15, 0.2) is 0 Å². The first-order valence-electron chi connectivity index (χ1n) is 15.0. The maximum absolute atomic E-state index is 14.0. The minimum atomic E-state index is -0.554. The lowest BCUT2D eigenvalue weighted by Gasteiger charge is -2.36. The quantitative estimate of drug-likeness (QED) is 0.365. The van der Waals surface area contributed by atoms with Gasteiger partial charge in [-0.3, -0.25) is 19.3 Å². The highest BCUT2D eigenvalue weighted by Crippen LogP contribution is 2.31. The van der Waals surface area contributed by atoms with Crippen LogP contribution >= 0.6 is 0 Å². The van der Waals surface area contributed by atoms with Crippen molar-refractivity contribution in [2.24, 2.45) is 7.05 Å². The van der Waals surface area contributed by atoms with Crippen LogP contribution in [0.1, 0.15) is 50.4 Å². The van der Waals surface area contributed by atoms with Crippen LogP contribution in [0.4, 0.5) is 16.2 Å². The normalized spacial score (nSPS) is 15.3. The van der Waals surface area contributed by atoms with Crippen molar-refractivity contribution < 1.29 is 19.1 Å². The topological polar surface area (TPSA) is 94.5 Å². The minimum Gasteiger partial charge on any atom is -0.444 e. The molecule has 1 saturated heterocycles. The molecule has 5 rings (SSSR count). The van der Waals surface area contributed by atoms with Crippen LogP contribution in [0, 0.1) is 0 Å². The van der Waals surface area contributed by atoms with Gasteiger partial charge in [0.2, 0.25) is 5.91 Å². The summed E-state index contributed by atoms with van der Waals surface area (Å²) in [6.07, 6.45) is 6.78. The molecule has 3 heterocycles. The molecule has 0 radical (unpaired) electrons. The van der Waals surface area contributed by atoms with E-state index in [9.17, 15) is 14.4 Å². The summed E-state index contributed by atoms with van der Waals surface area (Å²) in [4.78, 5) is 45.1. The highest BCUT2D eigenvalue weighted by atomic mass is 16.6. The first-order chi connectivity index (χ1) is 21.1. The Bertz CT molecular complexity index is 1470. The Hall–Kier alpha value is -4.80.